The molecule has 0 bridgehead atoms. The van der Waals surface area contributed by atoms with Gasteiger partial charge in [0, 0.05) is 43.8 Å². The van der Waals surface area contributed by atoms with Gasteiger partial charge in [-0.05, 0) is 23.8 Å². The van der Waals surface area contributed by atoms with Gasteiger partial charge >= 0.3 is 0 Å². The largest absolute Gasteiger partial charge is 0.453 e. The van der Waals surface area contributed by atoms with E-state index in [9.17, 15) is 0 Å². The van der Waals surface area contributed by atoms with Crippen molar-refractivity contribution < 1.29 is 4.42 Å². The van der Waals surface area contributed by atoms with Gasteiger partial charge in [0.1, 0.15) is 5.58 Å². The number of rotatable bonds is 5. The van der Waals surface area contributed by atoms with E-state index in [1.165, 1.54) is 0 Å². The van der Waals surface area contributed by atoms with Gasteiger partial charge in [-0.25, -0.2) is 15.0 Å². The summed E-state index contributed by atoms with van der Waals surface area (Å²) in [6.07, 6.45) is 0. The van der Waals surface area contributed by atoms with Gasteiger partial charge in [0.15, 0.2) is 23.1 Å². The summed E-state index contributed by atoms with van der Waals surface area (Å²) < 4.78 is 9.20. The Labute approximate surface area is 287 Å². The van der Waals surface area contributed by atoms with E-state index in [1.807, 2.05) is 66.7 Å². The molecule has 0 fully saturated rings. The SMILES string of the molecule is c1ccc(-c2nc(-c3ccccc3)nc(-c3cccc4c3c3ccccc3n4-c3cccc4c3oc3c(-c5ccccc5)cccc34)n2)cc1. The molecule has 0 saturated heterocycles. The minimum absolute atomic E-state index is 0.626. The topological polar surface area (TPSA) is 56.7 Å². The summed E-state index contributed by atoms with van der Waals surface area (Å²) in [4.78, 5) is 15.1. The van der Waals surface area contributed by atoms with Gasteiger partial charge in [0.2, 0.25) is 0 Å². The minimum Gasteiger partial charge on any atom is -0.453 e. The quantitative estimate of drug-likeness (QED) is 0.188. The number of aromatic nitrogens is 4. The zero-order valence-electron chi connectivity index (χ0n) is 26.9. The van der Waals surface area contributed by atoms with Crippen molar-refractivity contribution in [3.8, 4) is 51.0 Å². The summed E-state index contributed by atoms with van der Waals surface area (Å²) >= 11 is 0. The molecule has 234 valence electrons. The highest BCUT2D eigenvalue weighted by molar-refractivity contribution is 6.17. The van der Waals surface area contributed by atoms with Crippen LogP contribution in [-0.2, 0) is 0 Å². The predicted octanol–water partition coefficient (Wildman–Crippen LogP) is 11.5. The number of hydrogen-bond acceptors (Lipinski definition) is 4. The van der Waals surface area contributed by atoms with Crippen LogP contribution in [0.5, 0.6) is 0 Å². The van der Waals surface area contributed by atoms with Crippen molar-refractivity contribution >= 4 is 43.7 Å². The average molecular weight is 641 g/mol. The number of fused-ring (bicyclic) bond motifs is 6. The van der Waals surface area contributed by atoms with Crippen molar-refractivity contribution in [2.45, 2.75) is 0 Å². The third-order valence-corrected chi connectivity index (χ3v) is 9.47. The van der Waals surface area contributed by atoms with E-state index < -0.39 is 0 Å². The zero-order valence-corrected chi connectivity index (χ0v) is 26.9. The van der Waals surface area contributed by atoms with Gasteiger partial charge in [-0.2, -0.15) is 0 Å². The summed E-state index contributed by atoms with van der Waals surface area (Å²) in [5.41, 5.74) is 9.85. The lowest BCUT2D eigenvalue weighted by molar-refractivity contribution is 0.667. The Morgan fingerprint density at radius 2 is 0.860 bits per heavy atom. The van der Waals surface area contributed by atoms with Crippen LogP contribution in [0.25, 0.3) is 94.7 Å². The van der Waals surface area contributed by atoms with E-state index in [2.05, 4.69) is 108 Å². The van der Waals surface area contributed by atoms with Crippen LogP contribution in [-0.4, -0.2) is 19.5 Å². The molecular weight excluding hydrogens is 613 g/mol. The van der Waals surface area contributed by atoms with Gasteiger partial charge in [-0.15, -0.1) is 0 Å². The average Bonchev–Trinajstić information content (AvgIpc) is 3.75. The van der Waals surface area contributed by atoms with Crippen LogP contribution in [0.3, 0.4) is 0 Å². The summed E-state index contributed by atoms with van der Waals surface area (Å²) in [5, 5.41) is 4.36. The van der Waals surface area contributed by atoms with Crippen LogP contribution in [0.1, 0.15) is 0 Å². The lowest BCUT2D eigenvalue weighted by Gasteiger charge is -2.10. The summed E-state index contributed by atoms with van der Waals surface area (Å²) in [7, 11) is 0. The molecule has 0 atom stereocenters. The van der Waals surface area contributed by atoms with Gasteiger partial charge in [-0.1, -0.05) is 152 Å². The molecule has 0 aliphatic carbocycles. The lowest BCUT2D eigenvalue weighted by Crippen LogP contribution is -2.00. The maximum atomic E-state index is 6.88. The molecule has 5 heteroatoms. The molecule has 7 aromatic carbocycles. The first-order valence-electron chi connectivity index (χ1n) is 16.7. The van der Waals surface area contributed by atoms with Crippen LogP contribution in [0, 0.1) is 0 Å². The monoisotopic (exact) mass is 640 g/mol. The highest BCUT2D eigenvalue weighted by Crippen LogP contribution is 2.42. The first kappa shape index (κ1) is 28.2. The molecule has 0 amide bonds. The molecule has 0 N–H and O–H groups in total. The third-order valence-electron chi connectivity index (χ3n) is 9.47. The molecule has 10 aromatic rings. The van der Waals surface area contributed by atoms with Crippen LogP contribution < -0.4 is 0 Å². The summed E-state index contributed by atoms with van der Waals surface area (Å²) in [6.45, 7) is 0. The van der Waals surface area contributed by atoms with Crippen LogP contribution in [0.15, 0.2) is 174 Å². The fraction of sp³-hybridized carbons (Fsp3) is 0. The number of hydrogen-bond donors (Lipinski definition) is 0. The Bertz CT molecular complexity index is 2800. The smallest absolute Gasteiger partial charge is 0.164 e. The van der Waals surface area contributed by atoms with Gasteiger partial charge in [-0.3, -0.25) is 0 Å². The molecule has 5 nitrogen and oxygen atoms in total. The van der Waals surface area contributed by atoms with Gasteiger partial charge in [0.25, 0.3) is 0 Å². The molecule has 3 heterocycles. The van der Waals surface area contributed by atoms with E-state index in [1.54, 1.807) is 0 Å². The van der Waals surface area contributed by atoms with E-state index in [0.717, 1.165) is 77.2 Å². The van der Waals surface area contributed by atoms with Crippen molar-refractivity contribution in [2.75, 3.05) is 0 Å². The third kappa shape index (κ3) is 4.45. The Hall–Kier alpha value is -6.85. The van der Waals surface area contributed by atoms with Crippen molar-refractivity contribution in [2.24, 2.45) is 0 Å². The van der Waals surface area contributed by atoms with E-state index in [0.29, 0.717) is 17.5 Å². The van der Waals surface area contributed by atoms with Crippen LogP contribution >= 0.6 is 0 Å². The molecule has 0 aliphatic rings. The molecular formula is C45H28N4O. The Balaban J connectivity index is 1.25. The zero-order chi connectivity index (χ0) is 33.0. The molecule has 50 heavy (non-hydrogen) atoms. The summed E-state index contributed by atoms with van der Waals surface area (Å²) in [6, 6.07) is 58.4. The number of benzene rings is 7. The maximum Gasteiger partial charge on any atom is 0.164 e. The summed E-state index contributed by atoms with van der Waals surface area (Å²) in [5.74, 6) is 1.90. The molecule has 0 spiro atoms. The maximum absolute atomic E-state index is 6.88. The molecule has 0 aliphatic heterocycles. The highest BCUT2D eigenvalue weighted by atomic mass is 16.3. The number of nitrogens with zero attached hydrogens (tertiary/aromatic N) is 4. The minimum atomic E-state index is 0.626. The second-order valence-electron chi connectivity index (χ2n) is 12.4. The van der Waals surface area contributed by atoms with Gasteiger partial charge < -0.3 is 8.98 Å². The van der Waals surface area contributed by atoms with Crippen molar-refractivity contribution in [1.29, 1.82) is 0 Å². The first-order valence-corrected chi connectivity index (χ1v) is 16.7. The van der Waals surface area contributed by atoms with Gasteiger partial charge in [0.05, 0.1) is 16.7 Å². The number of furan rings is 1. The highest BCUT2D eigenvalue weighted by Gasteiger charge is 2.22. The Morgan fingerprint density at radius 3 is 1.56 bits per heavy atom. The standard InChI is InChI=1S/C45H28N4O/c1-4-15-29(16-5-1)32-22-12-23-33-34-24-13-28-39(42(34)50-41(32)33)49-37-26-11-10-21-35(37)40-36(25-14-27-38(40)49)45-47-43(30-17-6-2-7-18-30)46-44(48-45)31-19-8-3-9-20-31/h1-28H. The normalized spacial score (nSPS) is 11.6. The Morgan fingerprint density at radius 1 is 0.360 bits per heavy atom. The van der Waals surface area contributed by atoms with E-state index in [-0.39, 0.29) is 0 Å². The second-order valence-corrected chi connectivity index (χ2v) is 12.4. The van der Waals surface area contributed by atoms with Crippen molar-refractivity contribution in [1.82, 2.24) is 19.5 Å². The molecule has 0 unspecified atom stereocenters. The second kappa shape index (κ2) is 11.4. The van der Waals surface area contributed by atoms with E-state index in [4.69, 9.17) is 19.4 Å². The molecule has 10 rings (SSSR count). The number of para-hydroxylation sites is 3. The Kier molecular flexibility index (Phi) is 6.42. The lowest BCUT2D eigenvalue weighted by atomic mass is 10.0. The predicted molar refractivity (Wildman–Crippen MR) is 203 cm³/mol. The fourth-order valence-corrected chi connectivity index (χ4v) is 7.22. The van der Waals surface area contributed by atoms with Crippen molar-refractivity contribution in [3.63, 3.8) is 0 Å². The van der Waals surface area contributed by atoms with Crippen molar-refractivity contribution in [3.05, 3.63) is 170 Å². The first-order chi connectivity index (χ1) is 24.8. The fourth-order valence-electron chi connectivity index (χ4n) is 7.22. The van der Waals surface area contributed by atoms with Crippen LogP contribution in [0.2, 0.25) is 0 Å². The molecule has 0 radical (unpaired) electrons. The van der Waals surface area contributed by atoms with E-state index >= 15 is 0 Å². The molecule has 3 aromatic heterocycles. The molecule has 0 saturated carbocycles. The van der Waals surface area contributed by atoms with Crippen LogP contribution in [0.4, 0.5) is 0 Å².